The number of imidazole rings is 1. The number of carbonyl (C=O) groups is 1. The van der Waals surface area contributed by atoms with Gasteiger partial charge in [-0.05, 0) is 44.9 Å². The number of carboxylic acids is 1. The summed E-state index contributed by atoms with van der Waals surface area (Å²) >= 11 is 0. The van der Waals surface area contributed by atoms with E-state index < -0.39 is 5.97 Å². The number of rotatable bonds is 2. The lowest BCUT2D eigenvalue weighted by molar-refractivity contribution is 0.0697. The van der Waals surface area contributed by atoms with Gasteiger partial charge in [-0.15, -0.1) is 0 Å². The van der Waals surface area contributed by atoms with Crippen molar-refractivity contribution in [2.24, 2.45) is 0 Å². The Morgan fingerprint density at radius 3 is 2.68 bits per heavy atom. The third kappa shape index (κ3) is 1.82. The van der Waals surface area contributed by atoms with E-state index in [-0.39, 0.29) is 5.54 Å². The smallest absolute Gasteiger partial charge is 0.335 e. The van der Waals surface area contributed by atoms with Crippen LogP contribution in [-0.2, 0) is 5.54 Å². The molecule has 1 fully saturated rings. The van der Waals surface area contributed by atoms with Gasteiger partial charge in [-0.3, -0.25) is 0 Å². The fourth-order valence-corrected chi connectivity index (χ4v) is 3.38. The van der Waals surface area contributed by atoms with Gasteiger partial charge < -0.3 is 9.67 Å². The molecular formula is C15H18N2O2. The van der Waals surface area contributed by atoms with Crippen LogP contribution in [0.25, 0.3) is 11.0 Å². The van der Waals surface area contributed by atoms with Crippen LogP contribution in [0.2, 0.25) is 0 Å². The monoisotopic (exact) mass is 258 g/mol. The quantitative estimate of drug-likeness (QED) is 0.898. The van der Waals surface area contributed by atoms with Crippen molar-refractivity contribution < 1.29 is 9.90 Å². The normalized spacial score (nSPS) is 18.0. The minimum atomic E-state index is -0.902. The Balaban J connectivity index is 2.20. The fourth-order valence-electron chi connectivity index (χ4n) is 3.38. The first kappa shape index (κ1) is 12.2. The Morgan fingerprint density at radius 1 is 1.37 bits per heavy atom. The second kappa shape index (κ2) is 4.08. The summed E-state index contributed by atoms with van der Waals surface area (Å²) in [6.07, 6.45) is 4.84. The van der Waals surface area contributed by atoms with Gasteiger partial charge in [0.05, 0.1) is 16.6 Å². The summed E-state index contributed by atoms with van der Waals surface area (Å²) in [5, 5.41) is 9.05. The van der Waals surface area contributed by atoms with E-state index in [4.69, 9.17) is 5.11 Å². The molecule has 0 spiro atoms. The predicted octanol–water partition coefficient (Wildman–Crippen LogP) is 3.33. The number of aromatic carboxylic acids is 1. The van der Waals surface area contributed by atoms with Crippen LogP contribution in [0.5, 0.6) is 0 Å². The molecule has 0 bridgehead atoms. The number of carboxylic acid groups (broad SMARTS) is 1. The lowest BCUT2D eigenvalue weighted by Crippen LogP contribution is -2.27. The minimum Gasteiger partial charge on any atom is -0.478 e. The number of hydrogen-bond donors (Lipinski definition) is 1. The average Bonchev–Trinajstić information content (AvgIpc) is 2.91. The molecule has 1 aromatic heterocycles. The third-order valence-corrected chi connectivity index (χ3v) is 4.29. The summed E-state index contributed by atoms with van der Waals surface area (Å²) in [7, 11) is 0. The molecule has 0 unspecified atom stereocenters. The molecule has 1 aliphatic carbocycles. The van der Waals surface area contributed by atoms with Gasteiger partial charge in [-0.1, -0.05) is 12.8 Å². The van der Waals surface area contributed by atoms with Crippen LogP contribution >= 0.6 is 0 Å². The highest BCUT2D eigenvalue weighted by Gasteiger charge is 2.33. The summed E-state index contributed by atoms with van der Waals surface area (Å²) in [5.41, 5.74) is 2.26. The molecule has 1 aromatic carbocycles. The van der Waals surface area contributed by atoms with E-state index in [0.29, 0.717) is 5.56 Å². The maximum Gasteiger partial charge on any atom is 0.335 e. The third-order valence-electron chi connectivity index (χ3n) is 4.29. The Kier molecular flexibility index (Phi) is 2.62. The van der Waals surface area contributed by atoms with E-state index in [1.807, 2.05) is 13.0 Å². The van der Waals surface area contributed by atoms with E-state index in [0.717, 1.165) is 16.9 Å². The molecular weight excluding hydrogens is 240 g/mol. The van der Waals surface area contributed by atoms with Crippen LogP contribution in [0.4, 0.5) is 0 Å². The zero-order valence-electron chi connectivity index (χ0n) is 11.3. The molecule has 0 amide bonds. The summed E-state index contributed by atoms with van der Waals surface area (Å²) in [5.74, 6) is 0.0723. The first-order valence-electron chi connectivity index (χ1n) is 6.74. The van der Waals surface area contributed by atoms with E-state index in [9.17, 15) is 4.79 Å². The molecule has 0 saturated heterocycles. The lowest BCUT2D eigenvalue weighted by Gasteiger charge is -2.28. The van der Waals surface area contributed by atoms with Gasteiger partial charge >= 0.3 is 5.97 Å². The van der Waals surface area contributed by atoms with Crippen molar-refractivity contribution in [2.75, 3.05) is 0 Å². The zero-order chi connectivity index (χ0) is 13.6. The fraction of sp³-hybridized carbons (Fsp3) is 0.467. The summed E-state index contributed by atoms with van der Waals surface area (Å²) in [6, 6.07) is 5.22. The van der Waals surface area contributed by atoms with E-state index in [2.05, 4.69) is 16.5 Å². The molecule has 1 saturated carbocycles. The molecule has 3 rings (SSSR count). The average molecular weight is 258 g/mol. The molecule has 1 N–H and O–H groups in total. The summed E-state index contributed by atoms with van der Waals surface area (Å²) < 4.78 is 2.29. The number of benzene rings is 1. The second-order valence-corrected chi connectivity index (χ2v) is 5.71. The first-order chi connectivity index (χ1) is 9.01. The maximum atomic E-state index is 11.0. The molecule has 1 aliphatic rings. The van der Waals surface area contributed by atoms with Gasteiger partial charge in [-0.2, -0.15) is 0 Å². The van der Waals surface area contributed by atoms with Crippen molar-refractivity contribution >= 4 is 17.0 Å². The zero-order valence-corrected chi connectivity index (χ0v) is 11.3. The molecule has 0 radical (unpaired) electrons. The number of nitrogens with zero attached hydrogens (tertiary/aromatic N) is 2. The molecule has 100 valence electrons. The lowest BCUT2D eigenvalue weighted by atomic mass is 9.99. The van der Waals surface area contributed by atoms with Crippen molar-refractivity contribution in [1.29, 1.82) is 0 Å². The standard InChI is InChI=1S/C15H18N2O2/c1-10-16-12-9-11(14(18)19)5-6-13(12)17(10)15(2)7-3-4-8-15/h5-6,9H,3-4,7-8H2,1-2H3,(H,18,19). The largest absolute Gasteiger partial charge is 0.478 e. The van der Waals surface area contributed by atoms with Crippen LogP contribution in [0, 0.1) is 6.92 Å². The van der Waals surface area contributed by atoms with Gasteiger partial charge in [0.15, 0.2) is 0 Å². The highest BCUT2D eigenvalue weighted by atomic mass is 16.4. The van der Waals surface area contributed by atoms with E-state index in [1.54, 1.807) is 12.1 Å². The number of hydrogen-bond acceptors (Lipinski definition) is 2. The summed E-state index contributed by atoms with van der Waals surface area (Å²) in [6.45, 7) is 4.28. The van der Waals surface area contributed by atoms with Crippen molar-refractivity contribution in [3.63, 3.8) is 0 Å². The minimum absolute atomic E-state index is 0.129. The Morgan fingerprint density at radius 2 is 2.05 bits per heavy atom. The second-order valence-electron chi connectivity index (χ2n) is 5.71. The topological polar surface area (TPSA) is 55.1 Å². The number of aromatic nitrogens is 2. The van der Waals surface area contributed by atoms with Crippen LogP contribution in [0.15, 0.2) is 18.2 Å². The van der Waals surface area contributed by atoms with Crippen LogP contribution in [0.1, 0.15) is 48.8 Å². The molecule has 4 nitrogen and oxygen atoms in total. The van der Waals surface area contributed by atoms with E-state index >= 15 is 0 Å². The van der Waals surface area contributed by atoms with Crippen molar-refractivity contribution in [1.82, 2.24) is 9.55 Å². The SMILES string of the molecule is Cc1nc2cc(C(=O)O)ccc2n1C1(C)CCCC1. The Bertz CT molecular complexity index is 651. The van der Waals surface area contributed by atoms with Gasteiger partial charge in [0.2, 0.25) is 0 Å². The molecule has 0 atom stereocenters. The Labute approximate surface area is 112 Å². The molecule has 0 aliphatic heterocycles. The highest BCUT2D eigenvalue weighted by molar-refractivity contribution is 5.92. The molecule has 2 aromatic rings. The van der Waals surface area contributed by atoms with Gasteiger partial charge in [0, 0.05) is 5.54 Å². The molecule has 4 heteroatoms. The van der Waals surface area contributed by atoms with Crippen LogP contribution < -0.4 is 0 Å². The predicted molar refractivity (Wildman–Crippen MR) is 73.5 cm³/mol. The maximum absolute atomic E-state index is 11.0. The van der Waals surface area contributed by atoms with Gasteiger partial charge in [-0.25, -0.2) is 9.78 Å². The van der Waals surface area contributed by atoms with Gasteiger partial charge in [0.25, 0.3) is 0 Å². The van der Waals surface area contributed by atoms with Crippen LogP contribution in [-0.4, -0.2) is 20.6 Å². The highest BCUT2D eigenvalue weighted by Crippen LogP contribution is 2.39. The van der Waals surface area contributed by atoms with Crippen molar-refractivity contribution in [3.05, 3.63) is 29.6 Å². The van der Waals surface area contributed by atoms with Crippen molar-refractivity contribution in [2.45, 2.75) is 45.1 Å². The molecule has 1 heterocycles. The van der Waals surface area contributed by atoms with E-state index in [1.165, 1.54) is 25.7 Å². The van der Waals surface area contributed by atoms with Crippen LogP contribution in [0.3, 0.4) is 0 Å². The van der Waals surface area contributed by atoms with Crippen molar-refractivity contribution in [3.8, 4) is 0 Å². The van der Waals surface area contributed by atoms with Gasteiger partial charge in [0.1, 0.15) is 5.82 Å². The molecule has 19 heavy (non-hydrogen) atoms. The number of fused-ring (bicyclic) bond motifs is 1. The number of aryl methyl sites for hydroxylation is 1. The Hall–Kier alpha value is -1.84. The summed E-state index contributed by atoms with van der Waals surface area (Å²) in [4.78, 5) is 15.6. The first-order valence-corrected chi connectivity index (χ1v) is 6.74.